The molecule has 2 aromatic carbocycles. The molecule has 108 valence electrons. The van der Waals surface area contributed by atoms with Crippen molar-refractivity contribution >= 4 is 5.69 Å². The molecule has 2 bridgehead atoms. The molecule has 3 aliphatic rings. The first-order valence-electron chi connectivity index (χ1n) is 8.03. The molecule has 0 amide bonds. The number of nitrogens with one attached hydrogen (secondary N) is 1. The zero-order valence-corrected chi connectivity index (χ0v) is 12.3. The summed E-state index contributed by atoms with van der Waals surface area (Å²) in [5, 5.41) is 3.75. The Balaban J connectivity index is 1.47. The summed E-state index contributed by atoms with van der Waals surface area (Å²) < 4.78 is 0. The molecule has 0 aromatic heterocycles. The average Bonchev–Trinajstić information content (AvgIpc) is 2.57. The normalized spacial score (nSPS) is 27.5. The third-order valence-electron chi connectivity index (χ3n) is 5.00. The molecule has 1 N–H and O–H groups in total. The highest BCUT2D eigenvalue weighted by molar-refractivity contribution is 5.66. The second kappa shape index (κ2) is 5.53. The van der Waals surface area contributed by atoms with Crippen LogP contribution in [-0.2, 0) is 0 Å². The Bertz CT molecular complexity index is 583. The predicted octanol–water partition coefficient (Wildman–Crippen LogP) is 3.86. The SMILES string of the molecule is c1ccc(-c2ccc(NC3CN4CCC3CC4)cc2)cc1. The van der Waals surface area contributed by atoms with E-state index in [4.69, 9.17) is 0 Å². The number of benzene rings is 2. The van der Waals surface area contributed by atoms with Crippen molar-refractivity contribution < 1.29 is 0 Å². The topological polar surface area (TPSA) is 15.3 Å². The fourth-order valence-electron chi connectivity index (χ4n) is 3.73. The maximum Gasteiger partial charge on any atom is 0.0417 e. The van der Waals surface area contributed by atoms with Crippen LogP contribution in [0.25, 0.3) is 11.1 Å². The zero-order chi connectivity index (χ0) is 14.1. The van der Waals surface area contributed by atoms with Crippen molar-refractivity contribution in [2.75, 3.05) is 25.0 Å². The van der Waals surface area contributed by atoms with Gasteiger partial charge in [0.05, 0.1) is 0 Å². The smallest absolute Gasteiger partial charge is 0.0417 e. The third-order valence-corrected chi connectivity index (χ3v) is 5.00. The van der Waals surface area contributed by atoms with Crippen LogP contribution in [0, 0.1) is 5.92 Å². The first kappa shape index (κ1) is 12.9. The van der Waals surface area contributed by atoms with Gasteiger partial charge in [-0.3, -0.25) is 0 Å². The number of anilines is 1. The Morgan fingerprint density at radius 2 is 1.48 bits per heavy atom. The van der Waals surface area contributed by atoms with Crippen LogP contribution in [0.15, 0.2) is 54.6 Å². The highest BCUT2D eigenvalue weighted by atomic mass is 15.2. The minimum Gasteiger partial charge on any atom is -0.381 e. The second-order valence-electron chi connectivity index (χ2n) is 6.33. The minimum absolute atomic E-state index is 0.634. The van der Waals surface area contributed by atoms with E-state index in [0.29, 0.717) is 6.04 Å². The summed E-state index contributed by atoms with van der Waals surface area (Å²) in [6, 6.07) is 20.1. The summed E-state index contributed by atoms with van der Waals surface area (Å²) in [5.41, 5.74) is 3.83. The highest BCUT2D eigenvalue weighted by Gasteiger charge is 2.33. The van der Waals surface area contributed by atoms with E-state index in [1.165, 1.54) is 49.3 Å². The molecule has 5 rings (SSSR count). The first-order valence-corrected chi connectivity index (χ1v) is 8.03. The average molecular weight is 278 g/mol. The summed E-state index contributed by atoms with van der Waals surface area (Å²) in [5.74, 6) is 0.865. The molecular weight excluding hydrogens is 256 g/mol. The van der Waals surface area contributed by atoms with E-state index in [-0.39, 0.29) is 0 Å². The first-order chi connectivity index (χ1) is 10.4. The molecule has 0 aliphatic carbocycles. The van der Waals surface area contributed by atoms with E-state index < -0.39 is 0 Å². The third kappa shape index (κ3) is 2.68. The van der Waals surface area contributed by atoms with E-state index >= 15 is 0 Å². The Hall–Kier alpha value is -1.80. The summed E-state index contributed by atoms with van der Waals surface area (Å²) in [6.07, 6.45) is 2.72. The molecule has 0 radical (unpaired) electrons. The minimum atomic E-state index is 0.634. The van der Waals surface area contributed by atoms with Gasteiger partial charge in [-0.1, -0.05) is 42.5 Å². The molecule has 2 aromatic rings. The summed E-state index contributed by atoms with van der Waals surface area (Å²) in [4.78, 5) is 2.59. The lowest BCUT2D eigenvalue weighted by atomic mass is 9.84. The van der Waals surface area contributed by atoms with E-state index in [1.54, 1.807) is 0 Å². The summed E-state index contributed by atoms with van der Waals surface area (Å²) in [6.45, 7) is 3.82. The van der Waals surface area contributed by atoms with Crippen LogP contribution in [0.5, 0.6) is 0 Å². The molecule has 0 saturated carbocycles. The van der Waals surface area contributed by atoms with Crippen LogP contribution in [0.2, 0.25) is 0 Å². The number of nitrogens with zero attached hydrogens (tertiary/aromatic N) is 1. The van der Waals surface area contributed by atoms with Gasteiger partial charge in [-0.15, -0.1) is 0 Å². The van der Waals surface area contributed by atoms with Crippen LogP contribution in [0.1, 0.15) is 12.8 Å². The molecule has 2 nitrogen and oxygen atoms in total. The van der Waals surface area contributed by atoms with Crippen molar-refractivity contribution in [1.29, 1.82) is 0 Å². The van der Waals surface area contributed by atoms with Crippen molar-refractivity contribution in [3.05, 3.63) is 54.6 Å². The molecule has 3 fully saturated rings. The quantitative estimate of drug-likeness (QED) is 0.917. The number of hydrogen-bond acceptors (Lipinski definition) is 2. The molecule has 3 aliphatic heterocycles. The predicted molar refractivity (Wildman–Crippen MR) is 88.5 cm³/mol. The van der Waals surface area contributed by atoms with Crippen LogP contribution in [0.4, 0.5) is 5.69 Å². The van der Waals surface area contributed by atoms with Gasteiger partial charge in [0.1, 0.15) is 0 Å². The van der Waals surface area contributed by atoms with E-state index in [9.17, 15) is 0 Å². The summed E-state index contributed by atoms with van der Waals surface area (Å²) >= 11 is 0. The van der Waals surface area contributed by atoms with Gasteiger partial charge in [-0.25, -0.2) is 0 Å². The molecular formula is C19H22N2. The maximum absolute atomic E-state index is 3.75. The Morgan fingerprint density at radius 3 is 2.10 bits per heavy atom. The van der Waals surface area contributed by atoms with E-state index in [1.807, 2.05) is 0 Å². The second-order valence-corrected chi connectivity index (χ2v) is 6.33. The highest BCUT2D eigenvalue weighted by Crippen LogP contribution is 2.30. The molecule has 21 heavy (non-hydrogen) atoms. The molecule has 3 heterocycles. The van der Waals surface area contributed by atoms with Gasteiger partial charge >= 0.3 is 0 Å². The Kier molecular flexibility index (Phi) is 3.40. The molecule has 1 atom stereocenters. The van der Waals surface area contributed by atoms with Crippen LogP contribution < -0.4 is 5.32 Å². The monoisotopic (exact) mass is 278 g/mol. The van der Waals surface area contributed by atoms with E-state index in [0.717, 1.165) is 5.92 Å². The zero-order valence-electron chi connectivity index (χ0n) is 12.3. The van der Waals surface area contributed by atoms with Crippen LogP contribution >= 0.6 is 0 Å². The van der Waals surface area contributed by atoms with Gasteiger partial charge in [0, 0.05) is 18.3 Å². The van der Waals surface area contributed by atoms with Gasteiger partial charge in [-0.05, 0) is 55.1 Å². The lowest BCUT2D eigenvalue weighted by Gasteiger charge is -2.45. The Labute approximate surface area is 126 Å². The van der Waals surface area contributed by atoms with Gasteiger partial charge in [-0.2, -0.15) is 0 Å². The van der Waals surface area contributed by atoms with Crippen molar-refractivity contribution in [3.8, 4) is 11.1 Å². The lowest BCUT2D eigenvalue weighted by Crippen LogP contribution is -2.53. The standard InChI is InChI=1S/C19H22N2/c1-2-4-15(5-3-1)16-6-8-18(9-7-16)20-19-14-21-12-10-17(19)11-13-21/h1-9,17,19-20H,10-14H2. The number of fused-ring (bicyclic) bond motifs is 3. The van der Waals surface area contributed by atoms with Crippen molar-refractivity contribution in [2.24, 2.45) is 5.92 Å². The van der Waals surface area contributed by atoms with Crippen molar-refractivity contribution in [2.45, 2.75) is 18.9 Å². The summed E-state index contributed by atoms with van der Waals surface area (Å²) in [7, 11) is 0. The maximum atomic E-state index is 3.75. The van der Waals surface area contributed by atoms with Gasteiger partial charge in [0.25, 0.3) is 0 Å². The lowest BCUT2D eigenvalue weighted by molar-refractivity contribution is 0.0975. The fourth-order valence-corrected chi connectivity index (χ4v) is 3.73. The Morgan fingerprint density at radius 1 is 0.810 bits per heavy atom. The van der Waals surface area contributed by atoms with Crippen LogP contribution in [0.3, 0.4) is 0 Å². The molecule has 2 heteroatoms. The van der Waals surface area contributed by atoms with Crippen molar-refractivity contribution in [1.82, 2.24) is 4.90 Å². The molecule has 0 spiro atoms. The van der Waals surface area contributed by atoms with E-state index in [2.05, 4.69) is 64.8 Å². The molecule has 3 saturated heterocycles. The largest absolute Gasteiger partial charge is 0.381 e. The number of piperidine rings is 3. The van der Waals surface area contributed by atoms with Crippen LogP contribution in [-0.4, -0.2) is 30.6 Å². The van der Waals surface area contributed by atoms with Gasteiger partial charge in [0.2, 0.25) is 0 Å². The number of rotatable bonds is 3. The van der Waals surface area contributed by atoms with Gasteiger partial charge < -0.3 is 10.2 Å². The fraction of sp³-hybridized carbons (Fsp3) is 0.368. The van der Waals surface area contributed by atoms with Gasteiger partial charge in [0.15, 0.2) is 0 Å². The molecule has 1 unspecified atom stereocenters. The number of hydrogen-bond donors (Lipinski definition) is 1. The van der Waals surface area contributed by atoms with Crippen molar-refractivity contribution in [3.63, 3.8) is 0 Å².